The van der Waals surface area contributed by atoms with E-state index in [0.29, 0.717) is 16.9 Å². The summed E-state index contributed by atoms with van der Waals surface area (Å²) >= 11 is 0. The summed E-state index contributed by atoms with van der Waals surface area (Å²) in [6, 6.07) is 7.11. The minimum absolute atomic E-state index is 0.0124. The van der Waals surface area contributed by atoms with E-state index in [0.717, 1.165) is 6.08 Å². The third kappa shape index (κ3) is 2.64. The SMILES string of the molecule is O=C(C=C(O)c1ccoc1-c1ccc(F)cc1)c1ncn[nH]1. The highest BCUT2D eigenvalue weighted by Crippen LogP contribution is 2.29. The number of ketones is 1. The molecule has 1 aromatic carbocycles. The Labute approximate surface area is 123 Å². The lowest BCUT2D eigenvalue weighted by Gasteiger charge is -2.02. The number of aromatic amines is 1. The predicted molar refractivity (Wildman–Crippen MR) is 75.4 cm³/mol. The van der Waals surface area contributed by atoms with Crippen LogP contribution in [0.1, 0.15) is 16.2 Å². The summed E-state index contributed by atoms with van der Waals surface area (Å²) in [5.41, 5.74) is 0.896. The normalized spacial score (nSPS) is 11.6. The first kappa shape index (κ1) is 13.7. The van der Waals surface area contributed by atoms with Gasteiger partial charge in [-0.25, -0.2) is 9.37 Å². The van der Waals surface area contributed by atoms with Gasteiger partial charge in [-0.05, 0) is 30.3 Å². The van der Waals surface area contributed by atoms with E-state index in [1.54, 1.807) is 0 Å². The van der Waals surface area contributed by atoms with Crippen molar-refractivity contribution in [2.24, 2.45) is 0 Å². The molecule has 0 fully saturated rings. The number of carbonyl (C=O) groups excluding carboxylic acids is 1. The van der Waals surface area contributed by atoms with E-state index in [4.69, 9.17) is 4.42 Å². The predicted octanol–water partition coefficient (Wildman–Crippen LogP) is 2.99. The molecule has 0 aliphatic carbocycles. The first-order chi connectivity index (χ1) is 10.6. The molecule has 2 heterocycles. The number of allylic oxidation sites excluding steroid dienone is 1. The lowest BCUT2D eigenvalue weighted by molar-refractivity contribution is 0.103. The Kier molecular flexibility index (Phi) is 3.53. The van der Waals surface area contributed by atoms with Crippen LogP contribution in [0, 0.1) is 5.82 Å². The second-order valence-corrected chi connectivity index (χ2v) is 4.40. The number of furan rings is 1. The highest BCUT2D eigenvalue weighted by atomic mass is 19.1. The molecule has 0 unspecified atom stereocenters. The van der Waals surface area contributed by atoms with Crippen LogP contribution in [0.3, 0.4) is 0 Å². The maximum absolute atomic E-state index is 13.0. The zero-order chi connectivity index (χ0) is 15.5. The van der Waals surface area contributed by atoms with Gasteiger partial charge in [0.15, 0.2) is 5.82 Å². The van der Waals surface area contributed by atoms with Gasteiger partial charge in [-0.1, -0.05) is 0 Å². The molecule has 22 heavy (non-hydrogen) atoms. The van der Waals surface area contributed by atoms with Crippen LogP contribution in [-0.4, -0.2) is 26.1 Å². The van der Waals surface area contributed by atoms with Gasteiger partial charge in [0.05, 0.1) is 11.8 Å². The minimum atomic E-state index is -0.527. The molecular formula is C15H10FN3O3. The Balaban J connectivity index is 1.94. The number of hydrogen-bond acceptors (Lipinski definition) is 5. The molecule has 0 bridgehead atoms. The van der Waals surface area contributed by atoms with Gasteiger partial charge in [0.1, 0.15) is 23.7 Å². The van der Waals surface area contributed by atoms with Crippen LogP contribution < -0.4 is 0 Å². The molecule has 0 radical (unpaired) electrons. The maximum Gasteiger partial charge on any atom is 0.226 e. The molecule has 7 heteroatoms. The lowest BCUT2D eigenvalue weighted by atomic mass is 10.1. The fourth-order valence-electron chi connectivity index (χ4n) is 1.93. The summed E-state index contributed by atoms with van der Waals surface area (Å²) in [6.07, 6.45) is 3.58. The van der Waals surface area contributed by atoms with Crippen LogP contribution in [0.15, 0.2) is 53.4 Å². The Bertz CT molecular complexity index is 820. The Morgan fingerprint density at radius 1 is 1.27 bits per heavy atom. The van der Waals surface area contributed by atoms with E-state index in [-0.39, 0.29) is 17.4 Å². The van der Waals surface area contributed by atoms with Crippen molar-refractivity contribution in [2.45, 2.75) is 0 Å². The number of halogens is 1. The molecule has 0 amide bonds. The van der Waals surface area contributed by atoms with Crippen LogP contribution in [0.4, 0.5) is 4.39 Å². The summed E-state index contributed by atoms with van der Waals surface area (Å²) in [5.74, 6) is -0.842. The summed E-state index contributed by atoms with van der Waals surface area (Å²) in [5, 5.41) is 16.1. The third-order valence-electron chi connectivity index (χ3n) is 2.96. The van der Waals surface area contributed by atoms with Crippen molar-refractivity contribution >= 4 is 11.5 Å². The largest absolute Gasteiger partial charge is 0.507 e. The Morgan fingerprint density at radius 3 is 2.73 bits per heavy atom. The molecule has 110 valence electrons. The molecule has 2 N–H and O–H groups in total. The van der Waals surface area contributed by atoms with Crippen molar-refractivity contribution in [3.05, 3.63) is 66.2 Å². The number of hydrogen-bond donors (Lipinski definition) is 2. The van der Waals surface area contributed by atoms with Gasteiger partial charge in [-0.2, -0.15) is 5.10 Å². The van der Waals surface area contributed by atoms with E-state index in [2.05, 4.69) is 15.2 Å². The third-order valence-corrected chi connectivity index (χ3v) is 2.96. The monoisotopic (exact) mass is 299 g/mol. The molecule has 0 saturated heterocycles. The standard InChI is InChI=1S/C15H10FN3O3/c16-10-3-1-9(2-4-10)14-11(5-6-22-14)12(20)7-13(21)15-17-8-18-19-15/h1-8,20H,(H,17,18,19). The van der Waals surface area contributed by atoms with Crippen molar-refractivity contribution < 1.29 is 18.7 Å². The maximum atomic E-state index is 13.0. The number of rotatable bonds is 4. The molecule has 0 spiro atoms. The van der Waals surface area contributed by atoms with Crippen LogP contribution in [0.25, 0.3) is 17.1 Å². The number of carbonyl (C=O) groups is 1. The highest BCUT2D eigenvalue weighted by molar-refractivity contribution is 6.05. The van der Waals surface area contributed by atoms with E-state index in [9.17, 15) is 14.3 Å². The van der Waals surface area contributed by atoms with Crippen molar-refractivity contribution in [3.8, 4) is 11.3 Å². The van der Waals surface area contributed by atoms with Crippen LogP contribution >= 0.6 is 0 Å². The van der Waals surface area contributed by atoms with Crippen molar-refractivity contribution in [3.63, 3.8) is 0 Å². The zero-order valence-electron chi connectivity index (χ0n) is 11.2. The number of benzene rings is 1. The van der Waals surface area contributed by atoms with Gasteiger partial charge in [-0.3, -0.25) is 9.89 Å². The van der Waals surface area contributed by atoms with Gasteiger partial charge in [0.25, 0.3) is 0 Å². The first-order valence-electron chi connectivity index (χ1n) is 6.29. The van der Waals surface area contributed by atoms with Crippen molar-refractivity contribution in [2.75, 3.05) is 0 Å². The number of nitrogens with zero attached hydrogens (tertiary/aromatic N) is 2. The molecule has 6 nitrogen and oxygen atoms in total. The number of aliphatic hydroxyl groups excluding tert-OH is 1. The van der Waals surface area contributed by atoms with Gasteiger partial charge >= 0.3 is 0 Å². The molecule has 3 aromatic rings. The second kappa shape index (κ2) is 5.65. The molecule has 0 saturated carbocycles. The molecule has 0 atom stereocenters. The number of aromatic nitrogens is 3. The Hall–Kier alpha value is -3.22. The van der Waals surface area contributed by atoms with Gasteiger partial charge in [0, 0.05) is 11.6 Å². The zero-order valence-corrected chi connectivity index (χ0v) is 11.2. The fourth-order valence-corrected chi connectivity index (χ4v) is 1.93. The molecule has 2 aromatic heterocycles. The first-order valence-corrected chi connectivity index (χ1v) is 6.29. The lowest BCUT2D eigenvalue weighted by Crippen LogP contribution is -1.99. The van der Waals surface area contributed by atoms with Crippen LogP contribution in [0.2, 0.25) is 0 Å². The van der Waals surface area contributed by atoms with E-state index >= 15 is 0 Å². The van der Waals surface area contributed by atoms with Crippen molar-refractivity contribution in [1.29, 1.82) is 0 Å². The number of aliphatic hydroxyl groups is 1. The van der Waals surface area contributed by atoms with Crippen molar-refractivity contribution in [1.82, 2.24) is 15.2 Å². The summed E-state index contributed by atoms with van der Waals surface area (Å²) in [4.78, 5) is 15.6. The molecule has 0 aliphatic heterocycles. The molecule has 3 rings (SSSR count). The van der Waals surface area contributed by atoms with Gasteiger partial charge in [-0.15, -0.1) is 0 Å². The average molecular weight is 299 g/mol. The second-order valence-electron chi connectivity index (χ2n) is 4.40. The molecular weight excluding hydrogens is 289 g/mol. The van der Waals surface area contributed by atoms with Crippen LogP contribution in [-0.2, 0) is 0 Å². The smallest absolute Gasteiger partial charge is 0.226 e. The van der Waals surface area contributed by atoms with E-state index in [1.807, 2.05) is 0 Å². The number of nitrogens with one attached hydrogen (secondary N) is 1. The summed E-state index contributed by atoms with van der Waals surface area (Å²) < 4.78 is 18.3. The molecule has 0 aliphatic rings. The quantitative estimate of drug-likeness (QED) is 0.439. The topological polar surface area (TPSA) is 92.0 Å². The Morgan fingerprint density at radius 2 is 2.05 bits per heavy atom. The van der Waals surface area contributed by atoms with Gasteiger partial charge < -0.3 is 9.52 Å². The van der Waals surface area contributed by atoms with E-state index in [1.165, 1.54) is 42.9 Å². The number of H-pyrrole nitrogens is 1. The summed E-state index contributed by atoms with van der Waals surface area (Å²) in [6.45, 7) is 0. The van der Waals surface area contributed by atoms with Gasteiger partial charge in [0.2, 0.25) is 5.78 Å². The fraction of sp³-hybridized carbons (Fsp3) is 0. The minimum Gasteiger partial charge on any atom is -0.507 e. The summed E-state index contributed by atoms with van der Waals surface area (Å²) in [7, 11) is 0. The van der Waals surface area contributed by atoms with E-state index < -0.39 is 5.78 Å². The highest BCUT2D eigenvalue weighted by Gasteiger charge is 2.15. The average Bonchev–Trinajstić information content (AvgIpc) is 3.19. The van der Waals surface area contributed by atoms with Crippen LogP contribution in [0.5, 0.6) is 0 Å².